The first kappa shape index (κ1) is 12.2. The molecular formula is C12H13FN4O. The van der Waals surface area contributed by atoms with Crippen molar-refractivity contribution < 1.29 is 9.18 Å². The summed E-state index contributed by atoms with van der Waals surface area (Å²) in [4.78, 5) is 11.6. The SMILES string of the molecule is Cn1cc(C(=O)NCCc2ccccc2F)nn1. The molecule has 2 aromatic rings. The summed E-state index contributed by atoms with van der Waals surface area (Å²) in [5.41, 5.74) is 0.836. The summed E-state index contributed by atoms with van der Waals surface area (Å²) in [5.74, 6) is -0.564. The van der Waals surface area contributed by atoms with Crippen LogP contribution in [0.4, 0.5) is 4.39 Å². The first-order valence-corrected chi connectivity index (χ1v) is 5.55. The van der Waals surface area contributed by atoms with Gasteiger partial charge in [0.25, 0.3) is 5.91 Å². The molecular weight excluding hydrogens is 235 g/mol. The molecule has 1 aromatic heterocycles. The number of aromatic nitrogens is 3. The van der Waals surface area contributed by atoms with Crippen LogP contribution in [0.1, 0.15) is 16.1 Å². The van der Waals surface area contributed by atoms with Gasteiger partial charge in [-0.2, -0.15) is 0 Å². The molecule has 94 valence electrons. The number of benzene rings is 1. The first-order valence-electron chi connectivity index (χ1n) is 5.55. The molecule has 5 nitrogen and oxygen atoms in total. The second-order valence-electron chi connectivity index (χ2n) is 3.87. The van der Waals surface area contributed by atoms with E-state index < -0.39 is 0 Å². The fourth-order valence-electron chi connectivity index (χ4n) is 1.55. The topological polar surface area (TPSA) is 59.8 Å². The van der Waals surface area contributed by atoms with Crippen molar-refractivity contribution in [3.8, 4) is 0 Å². The minimum Gasteiger partial charge on any atom is -0.350 e. The average Bonchev–Trinajstić information content (AvgIpc) is 2.78. The molecule has 0 spiro atoms. The van der Waals surface area contributed by atoms with E-state index in [9.17, 15) is 9.18 Å². The third-order valence-corrected chi connectivity index (χ3v) is 2.47. The van der Waals surface area contributed by atoms with Crippen LogP contribution in [0.25, 0.3) is 0 Å². The van der Waals surface area contributed by atoms with Gasteiger partial charge in [-0.1, -0.05) is 23.4 Å². The van der Waals surface area contributed by atoms with E-state index >= 15 is 0 Å². The van der Waals surface area contributed by atoms with E-state index in [0.717, 1.165) is 0 Å². The Kier molecular flexibility index (Phi) is 3.66. The molecule has 0 atom stereocenters. The second kappa shape index (κ2) is 5.39. The normalized spacial score (nSPS) is 10.3. The van der Waals surface area contributed by atoms with Crippen LogP contribution in [0.3, 0.4) is 0 Å². The van der Waals surface area contributed by atoms with Gasteiger partial charge in [0.05, 0.1) is 6.20 Å². The lowest BCUT2D eigenvalue weighted by Crippen LogP contribution is -2.26. The van der Waals surface area contributed by atoms with E-state index in [2.05, 4.69) is 15.6 Å². The number of halogens is 1. The number of rotatable bonds is 4. The summed E-state index contributed by atoms with van der Waals surface area (Å²) in [6.07, 6.45) is 1.97. The molecule has 6 heteroatoms. The summed E-state index contributed by atoms with van der Waals surface area (Å²) < 4.78 is 14.8. The van der Waals surface area contributed by atoms with Gasteiger partial charge in [-0.15, -0.1) is 5.10 Å². The summed E-state index contributed by atoms with van der Waals surface area (Å²) >= 11 is 0. The molecule has 0 unspecified atom stereocenters. The maximum Gasteiger partial charge on any atom is 0.273 e. The first-order chi connectivity index (χ1) is 8.66. The molecule has 0 aliphatic heterocycles. The molecule has 1 heterocycles. The Bertz CT molecular complexity index is 553. The molecule has 1 amide bonds. The highest BCUT2D eigenvalue weighted by atomic mass is 19.1. The van der Waals surface area contributed by atoms with Gasteiger partial charge in [0.2, 0.25) is 0 Å². The fourth-order valence-corrected chi connectivity index (χ4v) is 1.55. The molecule has 0 bridgehead atoms. The third kappa shape index (κ3) is 2.91. The van der Waals surface area contributed by atoms with Crippen molar-refractivity contribution in [3.63, 3.8) is 0 Å². The minimum atomic E-state index is -0.306. The zero-order chi connectivity index (χ0) is 13.0. The lowest BCUT2D eigenvalue weighted by molar-refractivity contribution is 0.0949. The summed E-state index contributed by atoms with van der Waals surface area (Å²) in [6, 6.07) is 6.50. The molecule has 0 saturated heterocycles. The van der Waals surface area contributed by atoms with Gasteiger partial charge in [-0.05, 0) is 18.1 Å². The molecule has 0 aliphatic rings. The van der Waals surface area contributed by atoms with Crippen molar-refractivity contribution in [2.45, 2.75) is 6.42 Å². The average molecular weight is 248 g/mol. The number of amides is 1. The molecule has 1 N–H and O–H groups in total. The number of hydrogen-bond acceptors (Lipinski definition) is 3. The lowest BCUT2D eigenvalue weighted by Gasteiger charge is -2.04. The van der Waals surface area contributed by atoms with Crippen LogP contribution < -0.4 is 5.32 Å². The van der Waals surface area contributed by atoms with Crippen molar-refractivity contribution in [3.05, 3.63) is 47.5 Å². The van der Waals surface area contributed by atoms with Gasteiger partial charge in [0, 0.05) is 13.6 Å². The van der Waals surface area contributed by atoms with Crippen LogP contribution >= 0.6 is 0 Å². The zero-order valence-corrected chi connectivity index (χ0v) is 9.93. The Balaban J connectivity index is 1.86. The highest BCUT2D eigenvalue weighted by Crippen LogP contribution is 2.06. The van der Waals surface area contributed by atoms with E-state index in [0.29, 0.717) is 18.5 Å². The minimum absolute atomic E-state index is 0.256. The van der Waals surface area contributed by atoms with Crippen LogP contribution in [0, 0.1) is 5.82 Å². The Morgan fingerprint density at radius 1 is 1.44 bits per heavy atom. The Hall–Kier alpha value is -2.24. The summed E-state index contributed by atoms with van der Waals surface area (Å²) in [6.45, 7) is 0.357. The maximum atomic E-state index is 13.3. The van der Waals surface area contributed by atoms with E-state index in [4.69, 9.17) is 0 Å². The summed E-state index contributed by atoms with van der Waals surface area (Å²) in [7, 11) is 1.68. The smallest absolute Gasteiger partial charge is 0.273 e. The van der Waals surface area contributed by atoms with E-state index in [1.54, 1.807) is 25.2 Å². The molecule has 0 fully saturated rings. The Morgan fingerprint density at radius 2 is 2.22 bits per heavy atom. The number of carbonyl (C=O) groups is 1. The fraction of sp³-hybridized carbons (Fsp3) is 0.250. The monoisotopic (exact) mass is 248 g/mol. The van der Waals surface area contributed by atoms with Crippen LogP contribution in [0.5, 0.6) is 0 Å². The lowest BCUT2D eigenvalue weighted by atomic mass is 10.1. The molecule has 0 aliphatic carbocycles. The van der Waals surface area contributed by atoms with Crippen LogP contribution in [0.15, 0.2) is 30.5 Å². The van der Waals surface area contributed by atoms with Crippen molar-refractivity contribution in [1.29, 1.82) is 0 Å². The molecule has 0 radical (unpaired) electrons. The molecule has 18 heavy (non-hydrogen) atoms. The van der Waals surface area contributed by atoms with Crippen molar-refractivity contribution >= 4 is 5.91 Å². The van der Waals surface area contributed by atoms with Gasteiger partial charge < -0.3 is 5.32 Å². The van der Waals surface area contributed by atoms with Crippen LogP contribution in [-0.2, 0) is 13.5 Å². The number of carbonyl (C=O) groups excluding carboxylic acids is 1. The quantitative estimate of drug-likeness (QED) is 0.875. The highest BCUT2D eigenvalue weighted by Gasteiger charge is 2.09. The maximum absolute atomic E-state index is 13.3. The number of aryl methyl sites for hydroxylation is 1. The van der Waals surface area contributed by atoms with Gasteiger partial charge in [0.1, 0.15) is 5.82 Å². The molecule has 1 aromatic carbocycles. The molecule has 2 rings (SSSR count). The standard InChI is InChI=1S/C12H13FN4O/c1-17-8-11(15-16-17)12(18)14-7-6-9-4-2-3-5-10(9)13/h2-5,8H,6-7H2,1H3,(H,14,18). The van der Waals surface area contributed by atoms with Crippen molar-refractivity contribution in [1.82, 2.24) is 20.3 Å². The van der Waals surface area contributed by atoms with E-state index in [1.807, 2.05) is 0 Å². The van der Waals surface area contributed by atoms with Gasteiger partial charge >= 0.3 is 0 Å². The number of nitrogens with zero attached hydrogens (tertiary/aromatic N) is 3. The van der Waals surface area contributed by atoms with Crippen molar-refractivity contribution in [2.24, 2.45) is 7.05 Å². The van der Waals surface area contributed by atoms with Gasteiger partial charge in [0.15, 0.2) is 5.69 Å². The summed E-state index contributed by atoms with van der Waals surface area (Å²) in [5, 5.41) is 10.0. The van der Waals surface area contributed by atoms with Crippen molar-refractivity contribution in [2.75, 3.05) is 6.54 Å². The van der Waals surface area contributed by atoms with Gasteiger partial charge in [-0.3, -0.25) is 9.48 Å². The Morgan fingerprint density at radius 3 is 2.89 bits per heavy atom. The Labute approximate surface area is 104 Å². The van der Waals surface area contributed by atoms with Crippen LogP contribution in [0.2, 0.25) is 0 Å². The predicted octanol–water partition coefficient (Wildman–Crippen LogP) is 0.927. The number of nitrogens with one attached hydrogen (secondary N) is 1. The third-order valence-electron chi connectivity index (χ3n) is 2.47. The highest BCUT2D eigenvalue weighted by molar-refractivity contribution is 5.91. The molecule has 0 saturated carbocycles. The predicted molar refractivity (Wildman–Crippen MR) is 63.4 cm³/mol. The zero-order valence-electron chi connectivity index (χ0n) is 9.93. The second-order valence-corrected chi connectivity index (χ2v) is 3.87. The van der Waals surface area contributed by atoms with E-state index in [-0.39, 0.29) is 17.4 Å². The van der Waals surface area contributed by atoms with Crippen LogP contribution in [-0.4, -0.2) is 27.4 Å². The van der Waals surface area contributed by atoms with E-state index in [1.165, 1.54) is 16.9 Å². The van der Waals surface area contributed by atoms with Gasteiger partial charge in [-0.25, -0.2) is 4.39 Å². The largest absolute Gasteiger partial charge is 0.350 e. The number of hydrogen-bond donors (Lipinski definition) is 1.